The lowest BCUT2D eigenvalue weighted by Gasteiger charge is -2.06. The van der Waals surface area contributed by atoms with E-state index in [2.05, 4.69) is 20.3 Å². The lowest BCUT2D eigenvalue weighted by molar-refractivity contribution is -0.0498. The van der Waals surface area contributed by atoms with Gasteiger partial charge in [0.25, 0.3) is 0 Å². The van der Waals surface area contributed by atoms with Crippen molar-refractivity contribution < 1.29 is 17.7 Å². The van der Waals surface area contributed by atoms with Crippen LogP contribution in [0.1, 0.15) is 12.7 Å². The van der Waals surface area contributed by atoms with Crippen LogP contribution in [0, 0.1) is 0 Å². The van der Waals surface area contributed by atoms with Gasteiger partial charge in [0.05, 0.1) is 11.4 Å². The number of halogens is 2. The van der Waals surface area contributed by atoms with Crippen LogP contribution in [0.25, 0.3) is 5.69 Å². The summed E-state index contributed by atoms with van der Waals surface area (Å²) in [5, 5.41) is 11.1. The zero-order chi connectivity index (χ0) is 14.5. The Hall–Kier alpha value is -1.90. The van der Waals surface area contributed by atoms with Crippen molar-refractivity contribution in [2.45, 2.75) is 19.3 Å². The number of hydrogen-bond acceptors (Lipinski definition) is 5. The molecule has 0 aliphatic rings. The van der Waals surface area contributed by atoms with Crippen molar-refractivity contribution >= 4 is 10.8 Å². The van der Waals surface area contributed by atoms with Gasteiger partial charge in [0.1, 0.15) is 5.75 Å². The van der Waals surface area contributed by atoms with E-state index in [9.17, 15) is 13.0 Å². The summed E-state index contributed by atoms with van der Waals surface area (Å²) in [6, 6.07) is 5.88. The highest BCUT2D eigenvalue weighted by Gasteiger charge is 2.11. The summed E-state index contributed by atoms with van der Waals surface area (Å²) in [5.74, 6) is 1.25. The molecule has 0 bridgehead atoms. The Morgan fingerprint density at radius 3 is 2.65 bits per heavy atom. The van der Waals surface area contributed by atoms with Crippen LogP contribution in [0.5, 0.6) is 5.75 Å². The number of aromatic nitrogens is 4. The number of benzene rings is 1. The average Bonchev–Trinajstić information content (AvgIpc) is 2.87. The van der Waals surface area contributed by atoms with Gasteiger partial charge in [-0.3, -0.25) is 4.21 Å². The fraction of sp³-hybridized carbons (Fsp3) is 0.364. The Balaban J connectivity index is 2.19. The molecule has 1 atom stereocenters. The fourth-order valence-corrected chi connectivity index (χ4v) is 2.18. The summed E-state index contributed by atoms with van der Waals surface area (Å²) in [5.41, 5.74) is 0.583. The number of ether oxygens (including phenoxy) is 1. The molecule has 20 heavy (non-hydrogen) atoms. The molecule has 0 amide bonds. The Morgan fingerprint density at radius 2 is 2.05 bits per heavy atom. The van der Waals surface area contributed by atoms with Crippen molar-refractivity contribution in [1.82, 2.24) is 20.2 Å². The molecule has 0 fully saturated rings. The first-order valence-corrected chi connectivity index (χ1v) is 7.26. The number of alkyl halides is 2. The number of rotatable bonds is 6. The molecule has 0 aliphatic carbocycles. The molecular weight excluding hydrogens is 290 g/mol. The fourth-order valence-electron chi connectivity index (χ4n) is 1.51. The van der Waals surface area contributed by atoms with Gasteiger partial charge >= 0.3 is 6.61 Å². The third-order valence-corrected chi connectivity index (χ3v) is 3.68. The van der Waals surface area contributed by atoms with Crippen LogP contribution in [0.4, 0.5) is 8.78 Å². The first-order chi connectivity index (χ1) is 9.60. The first-order valence-electron chi connectivity index (χ1n) is 5.77. The molecular formula is C11H12F2N4O2S. The van der Waals surface area contributed by atoms with Crippen LogP contribution in [-0.4, -0.2) is 36.8 Å². The summed E-state index contributed by atoms with van der Waals surface area (Å²) in [6.45, 7) is -1.06. The van der Waals surface area contributed by atoms with E-state index >= 15 is 0 Å². The topological polar surface area (TPSA) is 69.9 Å². The lowest BCUT2D eigenvalue weighted by atomic mass is 10.3. The quantitative estimate of drug-likeness (QED) is 0.809. The molecule has 1 aromatic carbocycles. The highest BCUT2D eigenvalue weighted by atomic mass is 32.2. The van der Waals surface area contributed by atoms with Crippen molar-refractivity contribution in [2.75, 3.05) is 5.75 Å². The largest absolute Gasteiger partial charge is 0.435 e. The minimum atomic E-state index is -2.86. The molecule has 0 spiro atoms. The highest BCUT2D eigenvalue weighted by Crippen LogP contribution is 2.17. The van der Waals surface area contributed by atoms with Crippen LogP contribution < -0.4 is 4.74 Å². The van der Waals surface area contributed by atoms with E-state index in [0.717, 1.165) is 0 Å². The smallest absolute Gasteiger partial charge is 0.387 e. The molecule has 0 N–H and O–H groups in total. The minimum absolute atomic E-state index is 0.0514. The first kappa shape index (κ1) is 14.5. The van der Waals surface area contributed by atoms with Gasteiger partial charge in [0.15, 0.2) is 5.82 Å². The molecule has 1 heterocycles. The number of nitrogens with zero attached hydrogens (tertiary/aromatic N) is 4. The van der Waals surface area contributed by atoms with Crippen molar-refractivity contribution in [2.24, 2.45) is 0 Å². The maximum absolute atomic E-state index is 12.0. The maximum Gasteiger partial charge on any atom is 0.387 e. The molecule has 0 saturated heterocycles. The SMILES string of the molecule is CC[S@](=O)Cc1nnnn1-c1ccc(OC(F)F)cc1. The molecule has 0 aliphatic heterocycles. The van der Waals surface area contributed by atoms with Gasteiger partial charge in [-0.15, -0.1) is 5.10 Å². The molecule has 0 saturated carbocycles. The second kappa shape index (κ2) is 6.51. The maximum atomic E-state index is 12.0. The van der Waals surface area contributed by atoms with Gasteiger partial charge in [-0.25, -0.2) is 0 Å². The lowest BCUT2D eigenvalue weighted by Crippen LogP contribution is -2.07. The normalized spacial score (nSPS) is 12.6. The summed E-state index contributed by atoms with van der Waals surface area (Å²) in [7, 11) is -1.04. The second-order valence-corrected chi connectivity index (χ2v) is 5.50. The van der Waals surface area contributed by atoms with Gasteiger partial charge in [0, 0.05) is 16.6 Å². The van der Waals surface area contributed by atoms with Gasteiger partial charge in [-0.05, 0) is 34.7 Å². The predicted molar refractivity (Wildman–Crippen MR) is 68.2 cm³/mol. The molecule has 2 aromatic rings. The summed E-state index contributed by atoms with van der Waals surface area (Å²) >= 11 is 0. The summed E-state index contributed by atoms with van der Waals surface area (Å²) in [6.07, 6.45) is 0. The van der Waals surface area contributed by atoms with Crippen molar-refractivity contribution in [3.05, 3.63) is 30.1 Å². The molecule has 9 heteroatoms. The summed E-state index contributed by atoms with van der Waals surface area (Å²) < 4.78 is 41.3. The minimum Gasteiger partial charge on any atom is -0.435 e. The average molecular weight is 302 g/mol. The van der Waals surface area contributed by atoms with Crippen LogP contribution in [0.2, 0.25) is 0 Å². The number of hydrogen-bond donors (Lipinski definition) is 0. The molecule has 0 unspecified atom stereocenters. The van der Waals surface area contributed by atoms with E-state index in [4.69, 9.17) is 0 Å². The van der Waals surface area contributed by atoms with Crippen LogP contribution in [-0.2, 0) is 16.6 Å². The molecule has 0 radical (unpaired) electrons. The Morgan fingerprint density at radius 1 is 1.35 bits per heavy atom. The van der Waals surface area contributed by atoms with Crippen molar-refractivity contribution in [3.8, 4) is 11.4 Å². The molecule has 1 aromatic heterocycles. The predicted octanol–water partition coefficient (Wildman–Crippen LogP) is 1.53. The van der Waals surface area contributed by atoms with Crippen molar-refractivity contribution in [3.63, 3.8) is 0 Å². The van der Waals surface area contributed by atoms with E-state index in [1.165, 1.54) is 16.8 Å². The number of tetrazole rings is 1. The van der Waals surface area contributed by atoms with Gasteiger partial charge in [-0.1, -0.05) is 6.92 Å². The second-order valence-electron chi connectivity index (χ2n) is 3.75. The van der Waals surface area contributed by atoms with Gasteiger partial charge in [-0.2, -0.15) is 13.5 Å². The van der Waals surface area contributed by atoms with E-state index in [1.54, 1.807) is 19.1 Å². The third kappa shape index (κ3) is 3.56. The van der Waals surface area contributed by atoms with Crippen LogP contribution >= 0.6 is 0 Å². The van der Waals surface area contributed by atoms with E-state index in [-0.39, 0.29) is 11.5 Å². The monoisotopic (exact) mass is 302 g/mol. The van der Waals surface area contributed by atoms with E-state index in [0.29, 0.717) is 17.3 Å². The van der Waals surface area contributed by atoms with Crippen molar-refractivity contribution in [1.29, 1.82) is 0 Å². The zero-order valence-corrected chi connectivity index (χ0v) is 11.4. The highest BCUT2D eigenvalue weighted by molar-refractivity contribution is 7.84. The Bertz CT molecular complexity index is 588. The van der Waals surface area contributed by atoms with Crippen LogP contribution in [0.15, 0.2) is 24.3 Å². The standard InChI is InChI=1S/C11H12F2N4O2S/c1-2-20(18)7-10-14-15-16-17(10)8-3-5-9(6-4-8)19-11(12)13/h3-6,11H,2,7H2,1H3/t20-/m0/s1. The van der Waals surface area contributed by atoms with Gasteiger partial charge in [0.2, 0.25) is 0 Å². The molecule has 6 nitrogen and oxygen atoms in total. The van der Waals surface area contributed by atoms with E-state index in [1.807, 2.05) is 0 Å². The van der Waals surface area contributed by atoms with Crippen LogP contribution in [0.3, 0.4) is 0 Å². The Labute approximate surface area is 116 Å². The van der Waals surface area contributed by atoms with E-state index < -0.39 is 17.4 Å². The third-order valence-electron chi connectivity index (χ3n) is 2.45. The zero-order valence-electron chi connectivity index (χ0n) is 10.6. The van der Waals surface area contributed by atoms with Gasteiger partial charge < -0.3 is 4.74 Å². The molecule has 2 rings (SSSR count). The Kier molecular flexibility index (Phi) is 4.72. The molecule has 108 valence electrons. The summed E-state index contributed by atoms with van der Waals surface area (Å²) in [4.78, 5) is 0.